The van der Waals surface area contributed by atoms with Crippen molar-refractivity contribution in [2.45, 2.75) is 51.9 Å². The van der Waals surface area contributed by atoms with Crippen molar-refractivity contribution in [3.05, 3.63) is 76.8 Å². The number of aromatic carboxylic acids is 1. The lowest BCUT2D eigenvalue weighted by Gasteiger charge is -2.31. The number of imidazole rings is 1. The molecule has 3 heterocycles. The largest absolute Gasteiger partial charge is 0.484 e. The molecule has 1 N–H and O–H groups in total. The summed E-state index contributed by atoms with van der Waals surface area (Å²) < 4.78 is 60.7. The van der Waals surface area contributed by atoms with Gasteiger partial charge in [-0.3, -0.25) is 4.90 Å². The summed E-state index contributed by atoms with van der Waals surface area (Å²) >= 11 is 0. The normalized spacial score (nSPS) is 13.9. The van der Waals surface area contributed by atoms with Crippen molar-refractivity contribution in [3.8, 4) is 17.7 Å². The number of rotatable bonds is 13. The first-order chi connectivity index (χ1) is 21.7. The number of nitrogens with zero attached hydrogens (tertiary/aromatic N) is 6. The number of likely N-dealkylation sites (tertiary alicyclic amines) is 1. The summed E-state index contributed by atoms with van der Waals surface area (Å²) in [4.78, 5) is 26.7. The van der Waals surface area contributed by atoms with E-state index in [1.165, 1.54) is 12.3 Å². The zero-order valence-electron chi connectivity index (χ0n) is 24.4. The zero-order valence-corrected chi connectivity index (χ0v) is 24.4. The van der Waals surface area contributed by atoms with Crippen molar-refractivity contribution in [1.29, 1.82) is 5.26 Å². The predicted octanol–water partition coefficient (Wildman–Crippen LogP) is 4.44. The summed E-state index contributed by atoms with van der Waals surface area (Å²) in [7, 11) is 1.61. The molecule has 0 atom stereocenters. The summed E-state index contributed by atoms with van der Waals surface area (Å²) in [6.07, 6.45) is 3.79. The highest BCUT2D eigenvalue weighted by Crippen LogP contribution is 2.25. The average Bonchev–Trinajstić information content (AvgIpc) is 3.38. The second-order valence-corrected chi connectivity index (χ2v) is 10.4. The van der Waals surface area contributed by atoms with Crippen LogP contribution in [0.3, 0.4) is 0 Å². The molecule has 11 nitrogen and oxygen atoms in total. The molecule has 45 heavy (non-hydrogen) atoms. The van der Waals surface area contributed by atoms with Crippen molar-refractivity contribution in [3.63, 3.8) is 0 Å². The van der Waals surface area contributed by atoms with Gasteiger partial charge in [-0.2, -0.15) is 10.2 Å². The number of ether oxygens (including phenoxy) is 2. The van der Waals surface area contributed by atoms with Gasteiger partial charge in [0.2, 0.25) is 5.88 Å². The molecule has 0 bridgehead atoms. The maximum atomic E-state index is 14.8. The molecule has 0 unspecified atom stereocenters. The van der Waals surface area contributed by atoms with E-state index < -0.39 is 23.4 Å². The van der Waals surface area contributed by atoms with Crippen LogP contribution in [-0.2, 0) is 24.3 Å². The van der Waals surface area contributed by atoms with Crippen molar-refractivity contribution in [2.75, 3.05) is 19.7 Å². The molecule has 1 aliphatic rings. The Morgan fingerprint density at radius 2 is 1.91 bits per heavy atom. The van der Waals surface area contributed by atoms with Gasteiger partial charge in [-0.15, -0.1) is 0 Å². The lowest BCUT2D eigenvalue weighted by atomic mass is 10.0. The molecule has 0 saturated carbocycles. The number of carboxylic acid groups (broad SMARTS) is 1. The van der Waals surface area contributed by atoms with Gasteiger partial charge in [-0.1, -0.05) is 6.92 Å². The molecule has 1 fully saturated rings. The Balaban J connectivity index is 1.20. The maximum absolute atomic E-state index is 14.8. The molecule has 1 radical (unpaired) electrons. The van der Waals surface area contributed by atoms with E-state index in [2.05, 4.69) is 19.9 Å². The Kier molecular flexibility index (Phi) is 10.2. The van der Waals surface area contributed by atoms with Crippen LogP contribution < -0.4 is 9.47 Å². The minimum absolute atomic E-state index is 0.106. The molecule has 0 aliphatic carbocycles. The van der Waals surface area contributed by atoms with Crippen molar-refractivity contribution >= 4 is 24.5 Å². The van der Waals surface area contributed by atoms with E-state index in [1.807, 2.05) is 6.92 Å². The Morgan fingerprint density at radius 3 is 2.64 bits per heavy atom. The van der Waals surface area contributed by atoms with E-state index in [1.54, 1.807) is 24.2 Å². The maximum Gasteiger partial charge on any atom is 0.335 e. The Labute approximate surface area is 257 Å². The molecule has 1 aliphatic heterocycles. The number of hydrogen-bond acceptors (Lipinski definition) is 9. The van der Waals surface area contributed by atoms with Gasteiger partial charge >= 0.3 is 13.5 Å². The summed E-state index contributed by atoms with van der Waals surface area (Å²) in [5, 5.41) is 18.6. The summed E-state index contributed by atoms with van der Waals surface area (Å²) in [6.45, 7) is 4.04. The van der Waals surface area contributed by atoms with Crippen LogP contribution in [0, 0.1) is 28.8 Å². The zero-order chi connectivity index (χ0) is 31.9. The smallest absolute Gasteiger partial charge is 0.335 e. The summed E-state index contributed by atoms with van der Waals surface area (Å²) in [5.41, 5.74) is 0.181. The molecular formula is C30H29BF3N6O5. The van der Waals surface area contributed by atoms with Gasteiger partial charge in [0.25, 0.3) is 0 Å². The van der Waals surface area contributed by atoms with E-state index in [-0.39, 0.29) is 47.4 Å². The summed E-state index contributed by atoms with van der Waals surface area (Å²) in [6, 6.07) is 7.34. The number of piperidine rings is 1. The number of hydrogen-bond donors (Lipinski definition) is 1. The number of aromatic nitrogens is 4. The fourth-order valence-electron chi connectivity index (χ4n) is 4.96. The van der Waals surface area contributed by atoms with Gasteiger partial charge in [-0.05, 0) is 37.5 Å². The van der Waals surface area contributed by atoms with Crippen LogP contribution in [0.15, 0.2) is 36.5 Å². The van der Waals surface area contributed by atoms with Gasteiger partial charge in [0.1, 0.15) is 35.9 Å². The molecule has 2 aromatic carbocycles. The van der Waals surface area contributed by atoms with Gasteiger partial charge in [0.15, 0.2) is 23.3 Å². The van der Waals surface area contributed by atoms with Crippen LogP contribution in [0.4, 0.5) is 13.2 Å². The van der Waals surface area contributed by atoms with Crippen molar-refractivity contribution in [1.82, 2.24) is 24.4 Å². The lowest BCUT2D eigenvalue weighted by molar-refractivity contribution is 0.0696. The standard InChI is InChI=1S/C30H29BF3N6O5/c1-2-9-44-31-17-40-24-12-18(30(41)42)10-23(34)29(24)38-27(40)15-39-7-4-20(5-8-39)45-28-3-6-36-26(37-28)16-43-25-13-22(33)21(32)11-19(25)14-35/h3,6,10-13,20H,2,4-5,7-9,15-17H2,1H3,(H,41,42). The molecule has 0 spiro atoms. The number of carbonyl (C=O) groups is 1. The Hall–Kier alpha value is -4.68. The number of benzene rings is 2. The highest BCUT2D eigenvalue weighted by molar-refractivity contribution is 6.25. The molecule has 2 aromatic heterocycles. The molecular weight excluding hydrogens is 592 g/mol. The van der Waals surface area contributed by atoms with Gasteiger partial charge in [0, 0.05) is 44.5 Å². The molecule has 1 saturated heterocycles. The first kappa shape index (κ1) is 31.7. The third-order valence-electron chi connectivity index (χ3n) is 7.20. The number of nitriles is 1. The highest BCUT2D eigenvalue weighted by Gasteiger charge is 2.25. The Morgan fingerprint density at radius 1 is 1.13 bits per heavy atom. The van der Waals surface area contributed by atoms with Crippen LogP contribution in [0.2, 0.25) is 0 Å². The van der Waals surface area contributed by atoms with Crippen LogP contribution in [-0.4, -0.2) is 68.8 Å². The lowest BCUT2D eigenvalue weighted by Crippen LogP contribution is -2.38. The molecule has 5 rings (SSSR count). The van der Waals surface area contributed by atoms with Gasteiger partial charge in [-0.25, -0.2) is 27.9 Å². The monoisotopic (exact) mass is 621 g/mol. The number of carboxylic acids is 1. The molecule has 4 aromatic rings. The van der Waals surface area contributed by atoms with Gasteiger partial charge < -0.3 is 23.8 Å². The second-order valence-electron chi connectivity index (χ2n) is 10.4. The van der Waals surface area contributed by atoms with Crippen LogP contribution in [0.1, 0.15) is 53.8 Å². The van der Waals surface area contributed by atoms with E-state index in [4.69, 9.17) is 14.1 Å². The van der Waals surface area contributed by atoms with Crippen molar-refractivity contribution in [2.24, 2.45) is 0 Å². The van der Waals surface area contributed by atoms with E-state index in [9.17, 15) is 28.3 Å². The predicted molar refractivity (Wildman–Crippen MR) is 155 cm³/mol. The quantitative estimate of drug-likeness (QED) is 0.169. The van der Waals surface area contributed by atoms with Gasteiger partial charge in [0.05, 0.1) is 23.2 Å². The van der Waals surface area contributed by atoms with E-state index in [0.717, 1.165) is 24.6 Å². The minimum atomic E-state index is -1.22. The molecule has 233 valence electrons. The second kappa shape index (κ2) is 14.4. The van der Waals surface area contributed by atoms with Crippen LogP contribution >= 0.6 is 0 Å². The summed E-state index contributed by atoms with van der Waals surface area (Å²) in [5.74, 6) is -3.18. The van der Waals surface area contributed by atoms with Crippen LogP contribution in [0.25, 0.3) is 11.0 Å². The first-order valence-corrected chi connectivity index (χ1v) is 14.3. The third-order valence-corrected chi connectivity index (χ3v) is 7.20. The first-order valence-electron chi connectivity index (χ1n) is 14.3. The molecule has 15 heteroatoms. The van der Waals surface area contributed by atoms with Crippen LogP contribution in [0.5, 0.6) is 11.6 Å². The highest BCUT2D eigenvalue weighted by atomic mass is 19.2. The molecule has 0 amide bonds. The number of halogens is 3. The topological polar surface area (TPSA) is 136 Å². The van der Waals surface area contributed by atoms with E-state index >= 15 is 0 Å². The SMILES string of the molecule is CCCO[B]Cn1c(CN2CCC(Oc3ccnc(COc4cc(F)c(F)cc4C#N)n3)CC2)nc2c(F)cc(C(=O)O)cc21. The van der Waals surface area contributed by atoms with E-state index in [0.29, 0.717) is 56.3 Å². The Bertz CT molecular complexity index is 1720. The van der Waals surface area contributed by atoms with Crippen molar-refractivity contribution < 1.29 is 37.2 Å². The third kappa shape index (κ3) is 7.70. The average molecular weight is 621 g/mol. The minimum Gasteiger partial charge on any atom is -0.484 e. The fourth-order valence-corrected chi connectivity index (χ4v) is 4.96. The fraction of sp³-hybridized carbons (Fsp3) is 0.367. The number of fused-ring (bicyclic) bond motifs is 1.